The van der Waals surface area contributed by atoms with Gasteiger partial charge in [0.15, 0.2) is 0 Å². The summed E-state index contributed by atoms with van der Waals surface area (Å²) in [4.78, 5) is 19.2. The lowest BCUT2D eigenvalue weighted by molar-refractivity contribution is -0.148. The number of carbonyl (C=O) groups excluding carboxylic acids is 2. The minimum absolute atomic E-state index is 0.142. The molecule has 0 aliphatic heterocycles. The number of esters is 1. The monoisotopic (exact) mass is 148 g/mol. The van der Waals surface area contributed by atoms with Crippen LogP contribution in [0, 0.1) is 0 Å². The molecule has 0 saturated heterocycles. The van der Waals surface area contributed by atoms with Gasteiger partial charge in [0.2, 0.25) is 6.29 Å². The Labute approximate surface area is 59.8 Å². The lowest BCUT2D eigenvalue weighted by atomic mass is 10.7. The number of rotatable bonds is 2. The van der Waals surface area contributed by atoms with Crippen molar-refractivity contribution in [3.8, 4) is 0 Å². The van der Waals surface area contributed by atoms with Gasteiger partial charge in [-0.15, -0.1) is 0 Å². The summed E-state index contributed by atoms with van der Waals surface area (Å²) in [5, 5.41) is 7.57. The number of aliphatic hydroxyl groups excluding tert-OH is 1. The summed E-state index contributed by atoms with van der Waals surface area (Å²) in [6, 6.07) is 0. The van der Waals surface area contributed by atoms with E-state index >= 15 is 0 Å². The molecule has 0 aliphatic rings. The highest BCUT2D eigenvalue weighted by Gasteiger charge is 1.91. The normalized spacial score (nSPS) is 7.10. The second kappa shape index (κ2) is 11.0. The number of carbonyl (C=O) groups is 2. The van der Waals surface area contributed by atoms with Gasteiger partial charge in [0.25, 0.3) is 0 Å². The molecule has 0 heterocycles. The largest absolute Gasteiger partial charge is 0.460 e. The van der Waals surface area contributed by atoms with Crippen molar-refractivity contribution >= 4 is 12.3 Å². The number of aliphatic hydroxyl groups is 1. The van der Waals surface area contributed by atoms with Gasteiger partial charge >= 0.3 is 5.97 Å². The van der Waals surface area contributed by atoms with Gasteiger partial charge in [-0.1, -0.05) is 0 Å². The van der Waals surface area contributed by atoms with Crippen molar-refractivity contribution in [2.45, 2.75) is 13.8 Å². The molecule has 0 amide bonds. The van der Waals surface area contributed by atoms with E-state index in [-0.39, 0.29) is 19.5 Å². The van der Waals surface area contributed by atoms with E-state index in [4.69, 9.17) is 5.11 Å². The molecular weight excluding hydrogens is 136 g/mol. The molecule has 1 N–H and O–H groups in total. The minimum Gasteiger partial charge on any atom is -0.460 e. The maximum Gasteiger partial charge on any atom is 0.371 e. The zero-order valence-corrected chi connectivity index (χ0v) is 6.16. The number of hydrogen-bond acceptors (Lipinski definition) is 4. The fourth-order valence-electron chi connectivity index (χ4n) is 0.176. The van der Waals surface area contributed by atoms with E-state index in [0.29, 0.717) is 0 Å². The summed E-state index contributed by atoms with van der Waals surface area (Å²) in [7, 11) is 0. The zero-order valence-electron chi connectivity index (χ0n) is 6.16. The van der Waals surface area contributed by atoms with E-state index in [1.165, 1.54) is 0 Å². The highest BCUT2D eigenvalue weighted by atomic mass is 16.5. The molecule has 0 aromatic heterocycles. The lowest BCUT2D eigenvalue weighted by Gasteiger charge is -1.88. The molecule has 0 rings (SSSR count). The highest BCUT2D eigenvalue weighted by molar-refractivity contribution is 6.20. The summed E-state index contributed by atoms with van der Waals surface area (Å²) >= 11 is 0. The van der Waals surface area contributed by atoms with E-state index in [2.05, 4.69) is 4.74 Å². The van der Waals surface area contributed by atoms with Crippen LogP contribution in [0.15, 0.2) is 0 Å². The maximum absolute atomic E-state index is 9.82. The van der Waals surface area contributed by atoms with Crippen LogP contribution in [0.3, 0.4) is 0 Å². The van der Waals surface area contributed by atoms with Crippen molar-refractivity contribution in [2.75, 3.05) is 13.2 Å². The standard InChI is InChI=1S/C4H6O3.C2H6O/c1-2-7-4(6)3-5;1-2-3/h3H,2H2,1H3;3H,2H2,1H3. The van der Waals surface area contributed by atoms with Crippen molar-refractivity contribution in [3.05, 3.63) is 0 Å². The van der Waals surface area contributed by atoms with E-state index in [1.54, 1.807) is 13.8 Å². The predicted molar refractivity (Wildman–Crippen MR) is 35.5 cm³/mol. The Hall–Kier alpha value is -0.900. The van der Waals surface area contributed by atoms with Crippen LogP contribution in [0.5, 0.6) is 0 Å². The zero-order chi connectivity index (χ0) is 8.41. The van der Waals surface area contributed by atoms with Gasteiger partial charge in [-0.3, -0.25) is 4.79 Å². The van der Waals surface area contributed by atoms with Crippen LogP contribution < -0.4 is 0 Å². The Morgan fingerprint density at radius 1 is 1.60 bits per heavy atom. The highest BCUT2D eigenvalue weighted by Crippen LogP contribution is 1.68. The maximum atomic E-state index is 9.82. The first-order valence-electron chi connectivity index (χ1n) is 2.95. The fourth-order valence-corrected chi connectivity index (χ4v) is 0.176. The van der Waals surface area contributed by atoms with Crippen LogP contribution in [-0.2, 0) is 14.3 Å². The Balaban J connectivity index is 0. The van der Waals surface area contributed by atoms with Crippen molar-refractivity contribution in [2.24, 2.45) is 0 Å². The van der Waals surface area contributed by atoms with Crippen molar-refractivity contribution in [1.29, 1.82) is 0 Å². The van der Waals surface area contributed by atoms with Gasteiger partial charge < -0.3 is 9.84 Å². The molecule has 0 bridgehead atoms. The Bertz CT molecular complexity index is 89.7. The average molecular weight is 148 g/mol. The van der Waals surface area contributed by atoms with Crippen molar-refractivity contribution in [1.82, 2.24) is 0 Å². The molecular formula is C6H12O4. The van der Waals surface area contributed by atoms with Crippen LogP contribution in [0.25, 0.3) is 0 Å². The van der Waals surface area contributed by atoms with Crippen molar-refractivity contribution in [3.63, 3.8) is 0 Å². The molecule has 10 heavy (non-hydrogen) atoms. The molecule has 0 aliphatic carbocycles. The Kier molecular flexibility index (Phi) is 13.0. The Morgan fingerprint density at radius 3 is 2.10 bits per heavy atom. The quantitative estimate of drug-likeness (QED) is 0.333. The molecule has 0 unspecified atom stereocenters. The van der Waals surface area contributed by atoms with Crippen LogP contribution >= 0.6 is 0 Å². The predicted octanol–water partition coefficient (Wildman–Crippen LogP) is -0.253. The molecule has 0 saturated carbocycles. The molecule has 4 heteroatoms. The van der Waals surface area contributed by atoms with E-state index in [9.17, 15) is 9.59 Å². The molecule has 0 aromatic rings. The summed E-state index contributed by atoms with van der Waals surface area (Å²) in [6.07, 6.45) is 0.142. The van der Waals surface area contributed by atoms with Crippen LogP contribution in [0.1, 0.15) is 13.8 Å². The molecule has 0 atom stereocenters. The van der Waals surface area contributed by atoms with Gasteiger partial charge in [0, 0.05) is 6.61 Å². The fraction of sp³-hybridized carbons (Fsp3) is 0.667. The van der Waals surface area contributed by atoms with E-state index in [1.807, 2.05) is 0 Å². The molecule has 0 radical (unpaired) electrons. The van der Waals surface area contributed by atoms with Crippen LogP contribution in [0.2, 0.25) is 0 Å². The summed E-state index contributed by atoms with van der Waals surface area (Å²) in [5.74, 6) is -0.803. The Morgan fingerprint density at radius 2 is 2.00 bits per heavy atom. The summed E-state index contributed by atoms with van der Waals surface area (Å²) < 4.78 is 4.18. The second-order valence-corrected chi connectivity index (χ2v) is 1.19. The van der Waals surface area contributed by atoms with E-state index in [0.717, 1.165) is 0 Å². The molecule has 0 fully saturated rings. The van der Waals surface area contributed by atoms with Crippen LogP contribution in [0.4, 0.5) is 0 Å². The van der Waals surface area contributed by atoms with Gasteiger partial charge in [0.1, 0.15) is 0 Å². The third kappa shape index (κ3) is 15.7. The first-order chi connectivity index (χ1) is 4.72. The molecule has 4 nitrogen and oxygen atoms in total. The van der Waals surface area contributed by atoms with Crippen molar-refractivity contribution < 1.29 is 19.4 Å². The lowest BCUT2D eigenvalue weighted by Crippen LogP contribution is -2.03. The molecule has 0 spiro atoms. The molecule has 60 valence electrons. The first kappa shape index (κ1) is 11.8. The minimum atomic E-state index is -0.803. The van der Waals surface area contributed by atoms with Crippen LogP contribution in [-0.4, -0.2) is 30.6 Å². The number of ether oxygens (including phenoxy) is 1. The first-order valence-corrected chi connectivity index (χ1v) is 2.95. The third-order valence-corrected chi connectivity index (χ3v) is 0.383. The summed E-state index contributed by atoms with van der Waals surface area (Å²) in [6.45, 7) is 3.83. The third-order valence-electron chi connectivity index (χ3n) is 0.383. The van der Waals surface area contributed by atoms with Gasteiger partial charge in [-0.2, -0.15) is 0 Å². The van der Waals surface area contributed by atoms with E-state index < -0.39 is 5.97 Å². The molecule has 0 aromatic carbocycles. The number of hydrogen-bond donors (Lipinski definition) is 1. The van der Waals surface area contributed by atoms with Gasteiger partial charge in [-0.05, 0) is 13.8 Å². The average Bonchev–Trinajstić information content (AvgIpc) is 1.90. The second-order valence-electron chi connectivity index (χ2n) is 1.19. The van der Waals surface area contributed by atoms with Gasteiger partial charge in [-0.25, -0.2) is 4.79 Å². The summed E-state index contributed by atoms with van der Waals surface area (Å²) in [5.41, 5.74) is 0. The van der Waals surface area contributed by atoms with Gasteiger partial charge in [0.05, 0.1) is 6.61 Å². The SMILES string of the molecule is CCO.CCOC(=O)C=O. The number of aldehydes is 1. The topological polar surface area (TPSA) is 63.6 Å². The smallest absolute Gasteiger partial charge is 0.371 e.